The van der Waals surface area contributed by atoms with Crippen LogP contribution in [0.15, 0.2) is 103 Å². The quantitative estimate of drug-likeness (QED) is 0.110. The van der Waals surface area contributed by atoms with Gasteiger partial charge < -0.3 is 26.3 Å². The van der Waals surface area contributed by atoms with Crippen molar-refractivity contribution in [1.82, 2.24) is 9.78 Å². The van der Waals surface area contributed by atoms with Crippen LogP contribution in [0.3, 0.4) is 0 Å². The second-order valence-electron chi connectivity index (χ2n) is 8.14. The first-order chi connectivity index (χ1) is 19.1. The number of benzene rings is 3. The number of halogens is 5. The molecule has 0 N–H and O–H groups in total. The predicted molar refractivity (Wildman–Crippen MR) is 153 cm³/mol. The molecule has 3 aromatic carbocycles. The molecule has 214 valence electrons. The molecule has 0 bridgehead atoms. The number of aromatic nitrogens is 2. The second kappa shape index (κ2) is 14.6. The van der Waals surface area contributed by atoms with Crippen LogP contribution in [0.25, 0.3) is 0 Å². The first-order valence-electron chi connectivity index (χ1n) is 12.4. The van der Waals surface area contributed by atoms with E-state index in [9.17, 15) is 21.8 Å². The van der Waals surface area contributed by atoms with Crippen LogP contribution < -0.4 is 37.2 Å². The lowest BCUT2D eigenvalue weighted by molar-refractivity contribution is -0.499. The zero-order valence-corrected chi connectivity index (χ0v) is 26.2. The van der Waals surface area contributed by atoms with Gasteiger partial charge in [0.2, 0.25) is 0 Å². The number of hydrogen-bond acceptors (Lipinski definition) is 4. The molecule has 0 spiro atoms. The fraction of sp³-hybridized carbons (Fsp3) is 0.185. The topological polar surface area (TPSA) is 53.4 Å². The monoisotopic (exact) mass is 706 g/mol. The van der Waals surface area contributed by atoms with Gasteiger partial charge in [0.1, 0.15) is 0 Å². The van der Waals surface area contributed by atoms with Crippen LogP contribution in [0.1, 0.15) is 13.8 Å². The van der Waals surface area contributed by atoms with Crippen molar-refractivity contribution in [3.05, 3.63) is 107 Å². The lowest BCUT2D eigenvalue weighted by Crippen LogP contribution is -3.64. The Kier molecular flexibility index (Phi) is 11.8. The van der Waals surface area contributed by atoms with Gasteiger partial charge in [0.05, 0.1) is 25.5 Å². The van der Waals surface area contributed by atoms with Crippen molar-refractivity contribution in [2.75, 3.05) is 13.2 Å². The van der Waals surface area contributed by atoms with Crippen molar-refractivity contribution in [3.8, 4) is 0 Å². The third-order valence-electron chi connectivity index (χ3n) is 5.45. The summed E-state index contributed by atoms with van der Waals surface area (Å²) >= 11 is -0.903. The van der Waals surface area contributed by atoms with E-state index >= 15 is 0 Å². The average Bonchev–Trinajstić information content (AvgIpc) is 3.36. The molecule has 0 unspecified atom stereocenters. The Labute approximate surface area is 242 Å². The maximum absolute atomic E-state index is 14.9. The van der Waals surface area contributed by atoms with E-state index in [1.165, 1.54) is 3.57 Å². The molecule has 0 fully saturated rings. The van der Waals surface area contributed by atoms with Crippen LogP contribution in [-0.2, 0) is 20.7 Å². The van der Waals surface area contributed by atoms with Gasteiger partial charge in [-0.2, -0.15) is 5.10 Å². The summed E-state index contributed by atoms with van der Waals surface area (Å²) in [5.74, 6) is 0. The third kappa shape index (κ3) is 7.98. The van der Waals surface area contributed by atoms with E-state index in [0.717, 1.165) is 19.1 Å². The third-order valence-corrected chi connectivity index (χ3v) is 19.5. The Morgan fingerprint density at radius 2 is 1.23 bits per heavy atom. The Balaban J connectivity index is 0.000000810. The maximum Gasteiger partial charge on any atom is 0.673 e. The summed E-state index contributed by atoms with van der Waals surface area (Å²) in [6.45, 7) is 1.70. The summed E-state index contributed by atoms with van der Waals surface area (Å²) in [6, 6.07) is 33.2. The largest absolute Gasteiger partial charge is 0.673 e. The molecule has 0 aliphatic heterocycles. The van der Waals surface area contributed by atoms with E-state index in [2.05, 4.69) is 47.6 Å². The van der Waals surface area contributed by atoms with E-state index in [0.29, 0.717) is 13.2 Å². The Morgan fingerprint density at radius 3 is 1.60 bits per heavy atom. The van der Waals surface area contributed by atoms with Crippen molar-refractivity contribution in [1.29, 1.82) is 0 Å². The molecule has 4 rings (SSSR count). The smallest absolute Gasteiger partial charge is 0.418 e. The van der Waals surface area contributed by atoms with Gasteiger partial charge >= 0.3 is 36.1 Å². The van der Waals surface area contributed by atoms with Crippen molar-refractivity contribution in [3.63, 3.8) is 0 Å². The molecule has 0 radical (unpaired) electrons. The highest BCUT2D eigenvalue weighted by Gasteiger charge is 2.51. The van der Waals surface area contributed by atoms with E-state index in [1.54, 1.807) is 0 Å². The first-order valence-corrected chi connectivity index (χ1v) is 17.9. The molecule has 0 amide bonds. The van der Waals surface area contributed by atoms with Gasteiger partial charge in [-0.25, -0.2) is 0 Å². The van der Waals surface area contributed by atoms with Crippen LogP contribution in [0.4, 0.5) is 17.3 Å². The van der Waals surface area contributed by atoms with Crippen LogP contribution in [0, 0.1) is 3.57 Å². The molecule has 1 heterocycles. The zero-order chi connectivity index (χ0) is 29.2. The van der Waals surface area contributed by atoms with Gasteiger partial charge in [0, 0.05) is 13.2 Å². The molecule has 0 saturated carbocycles. The van der Waals surface area contributed by atoms with E-state index in [4.69, 9.17) is 9.05 Å². The number of rotatable bonds is 10. The van der Waals surface area contributed by atoms with E-state index in [-0.39, 0.29) is 0 Å². The van der Waals surface area contributed by atoms with Gasteiger partial charge in [0.25, 0.3) is 3.04 Å². The fourth-order valence-corrected chi connectivity index (χ4v) is 19.4. The highest BCUT2D eigenvalue weighted by molar-refractivity contribution is 8.05. The summed E-state index contributed by atoms with van der Waals surface area (Å²) in [6.07, 6.45) is 1.82. The van der Waals surface area contributed by atoms with Gasteiger partial charge in [-0.3, -0.25) is 9.25 Å². The minimum atomic E-state index is -6.00. The van der Waals surface area contributed by atoms with Crippen LogP contribution in [-0.4, -0.2) is 33.3 Å². The van der Waals surface area contributed by atoms with Crippen LogP contribution in [0.2, 0.25) is 0 Å². The van der Waals surface area contributed by atoms with Gasteiger partial charge in [-0.15, -0.1) is 0 Å². The highest BCUT2D eigenvalue weighted by Crippen LogP contribution is 2.58. The van der Waals surface area contributed by atoms with Gasteiger partial charge in [0.15, 0.2) is 3.57 Å². The van der Waals surface area contributed by atoms with Crippen molar-refractivity contribution < 1.29 is 52.1 Å². The number of aryl methyl sites for hydroxylation is 1. The summed E-state index contributed by atoms with van der Waals surface area (Å²) in [5.41, 5.74) is 1.03. The molecule has 5 nitrogen and oxygen atoms in total. The lowest BCUT2D eigenvalue weighted by atomic mass is 10.3. The molecule has 0 aliphatic carbocycles. The summed E-state index contributed by atoms with van der Waals surface area (Å²) in [5, 5.41) is 6.79. The number of nitrogens with zero attached hydrogens (tertiary/aromatic N) is 2. The molecular formula is C27H30BF4IN2O3P2. The lowest BCUT2D eigenvalue weighted by Gasteiger charge is -2.29. The fourth-order valence-electron chi connectivity index (χ4n) is 4.08. The van der Waals surface area contributed by atoms with Crippen LogP contribution in [0.5, 0.6) is 0 Å². The molecule has 0 saturated heterocycles. The van der Waals surface area contributed by atoms with Crippen LogP contribution >= 0.6 is 14.5 Å². The molecule has 0 atom stereocenters. The van der Waals surface area contributed by atoms with Crippen molar-refractivity contribution in [2.45, 2.75) is 13.8 Å². The summed E-state index contributed by atoms with van der Waals surface area (Å²) in [4.78, 5) is 0. The Morgan fingerprint density at radius 1 is 0.800 bits per heavy atom. The average molecular weight is 706 g/mol. The summed E-state index contributed by atoms with van der Waals surface area (Å²) < 4.78 is 70.1. The van der Waals surface area contributed by atoms with E-state index in [1.807, 2.05) is 86.4 Å². The minimum absolute atomic E-state index is 0.300. The molecule has 1 aromatic heterocycles. The maximum atomic E-state index is 14.9. The molecular weight excluding hydrogens is 676 g/mol. The molecule has 40 heavy (non-hydrogen) atoms. The molecule has 0 aliphatic rings. The second-order valence-corrected chi connectivity index (χ2v) is 18.3. The number of hydrogen-bond donors (Lipinski definition) is 0. The standard InChI is InChI=1S/C27H30IN2O3P2.BF4/c1-4-32-35(31,33-5-2)27(28-23-15-9-6-10-16-23)34(24-17-11-7-12-18-24,25-19-13-8-14-20-25)26-21-22-29-30(26)3;2-1(3,4)5/h6-22H,4-5H2,1-3H3;/q+1;-1. The van der Waals surface area contributed by atoms with Crippen molar-refractivity contribution >= 4 is 40.8 Å². The first kappa shape index (κ1) is 32.4. The summed E-state index contributed by atoms with van der Waals surface area (Å²) in [7, 11) is -7.68. The zero-order valence-electron chi connectivity index (χ0n) is 22.2. The van der Waals surface area contributed by atoms with Crippen molar-refractivity contribution in [2.24, 2.45) is 7.05 Å². The normalized spacial score (nSPS) is 12.0. The molecule has 4 aromatic rings. The van der Waals surface area contributed by atoms with E-state index < -0.39 is 42.9 Å². The molecule has 13 heteroatoms. The van der Waals surface area contributed by atoms with Gasteiger partial charge in [-0.05, 0) is 42.7 Å². The minimum Gasteiger partial charge on any atom is -0.418 e. The van der Waals surface area contributed by atoms with Gasteiger partial charge in [-0.1, -0.05) is 78.9 Å². The predicted octanol–water partition coefficient (Wildman–Crippen LogP) is 3.33. The Bertz CT molecular complexity index is 1400. The Hall–Kier alpha value is -2.17. The SMILES string of the molecule is CCOP(=O)(OCC)C([I+]c1ccccc1)=P(c1ccccc1)(c1ccccc1)c1ccnn1C.F[B-](F)(F)F. The highest BCUT2D eigenvalue weighted by atomic mass is 127.